The smallest absolute Gasteiger partial charge is 0.258 e. The standard InChI is InChI=1S/C7H5N2O2/c8-5-6-1-3-7(4-2-6)9(10)11/h1-5H. The van der Waals surface area contributed by atoms with Gasteiger partial charge in [0.15, 0.2) is 0 Å². The van der Waals surface area contributed by atoms with Crippen LogP contribution in [0.2, 0.25) is 0 Å². The number of non-ortho nitro benzene ring substituents is 1. The van der Waals surface area contributed by atoms with Crippen LogP contribution >= 0.6 is 0 Å². The summed E-state index contributed by atoms with van der Waals surface area (Å²) in [6.45, 7) is 0. The molecule has 0 aliphatic rings. The highest BCUT2D eigenvalue weighted by molar-refractivity contribution is 5.77. The van der Waals surface area contributed by atoms with E-state index >= 15 is 0 Å². The van der Waals surface area contributed by atoms with Crippen LogP contribution in [0.5, 0.6) is 0 Å². The van der Waals surface area contributed by atoms with E-state index in [0.29, 0.717) is 5.56 Å². The Bertz CT molecular complexity index is 279. The molecule has 0 amide bonds. The number of nitro groups is 1. The number of benzene rings is 1. The zero-order chi connectivity index (χ0) is 8.27. The highest BCUT2D eigenvalue weighted by atomic mass is 16.6. The van der Waals surface area contributed by atoms with Gasteiger partial charge in [0, 0.05) is 12.1 Å². The van der Waals surface area contributed by atoms with E-state index in [-0.39, 0.29) is 5.69 Å². The Hall–Kier alpha value is -1.71. The molecule has 0 spiro atoms. The summed E-state index contributed by atoms with van der Waals surface area (Å²) in [5.74, 6) is 0. The zero-order valence-electron chi connectivity index (χ0n) is 5.60. The van der Waals surface area contributed by atoms with Crippen molar-refractivity contribution in [2.75, 3.05) is 0 Å². The van der Waals surface area contributed by atoms with E-state index in [1.54, 1.807) is 0 Å². The molecule has 0 saturated carbocycles. The summed E-state index contributed by atoms with van der Waals surface area (Å²) in [5.41, 5.74) is 0.575. The highest BCUT2D eigenvalue weighted by Gasteiger charge is 2.01. The molecule has 0 aliphatic carbocycles. The number of nitrogens with zero attached hydrogens (tertiary/aromatic N) is 2. The predicted octanol–water partition coefficient (Wildman–Crippen LogP) is 0.814. The molecule has 55 valence electrons. The van der Waals surface area contributed by atoms with Crippen LogP contribution in [-0.2, 0) is 0 Å². The summed E-state index contributed by atoms with van der Waals surface area (Å²) in [4.78, 5) is 9.65. The van der Waals surface area contributed by atoms with Gasteiger partial charge >= 0.3 is 0 Å². The third-order valence-electron chi connectivity index (χ3n) is 1.25. The molecule has 0 aromatic heterocycles. The van der Waals surface area contributed by atoms with Crippen LogP contribution in [0.3, 0.4) is 0 Å². The van der Waals surface area contributed by atoms with Gasteiger partial charge in [-0.2, -0.15) is 5.41 Å². The van der Waals surface area contributed by atoms with Gasteiger partial charge in [-0.15, -0.1) is 0 Å². The molecule has 0 atom stereocenters. The maximum absolute atomic E-state index is 10.1. The van der Waals surface area contributed by atoms with E-state index in [9.17, 15) is 10.1 Å². The molecule has 1 radical (unpaired) electrons. The lowest BCUT2D eigenvalue weighted by Gasteiger charge is -1.90. The van der Waals surface area contributed by atoms with Crippen molar-refractivity contribution in [2.24, 2.45) is 0 Å². The second-order valence-corrected chi connectivity index (χ2v) is 1.98. The number of hydrogen-bond acceptors (Lipinski definition) is 2. The fraction of sp³-hybridized carbons (Fsp3) is 0. The van der Waals surface area contributed by atoms with E-state index in [1.807, 2.05) is 0 Å². The second kappa shape index (κ2) is 2.92. The molecule has 0 N–H and O–H groups in total. The first-order chi connectivity index (χ1) is 5.24. The summed E-state index contributed by atoms with van der Waals surface area (Å²) in [6, 6.07) is 5.61. The number of hydrogen-bond donors (Lipinski definition) is 0. The monoisotopic (exact) mass is 149 g/mol. The van der Waals surface area contributed by atoms with E-state index < -0.39 is 4.92 Å². The summed E-state index contributed by atoms with van der Waals surface area (Å²) in [7, 11) is 0. The summed E-state index contributed by atoms with van der Waals surface area (Å²) in [5, 5.41) is 18.6. The van der Waals surface area contributed by atoms with Crippen LogP contribution in [0.15, 0.2) is 24.3 Å². The molecule has 11 heavy (non-hydrogen) atoms. The average Bonchev–Trinajstić information content (AvgIpc) is 2.05. The summed E-state index contributed by atoms with van der Waals surface area (Å²) in [6.07, 6.45) is 0.893. The predicted molar refractivity (Wildman–Crippen MR) is 40.4 cm³/mol. The van der Waals surface area contributed by atoms with Gasteiger partial charge in [-0.1, -0.05) is 0 Å². The molecule has 1 rings (SSSR count). The van der Waals surface area contributed by atoms with Crippen molar-refractivity contribution < 1.29 is 4.92 Å². The Labute approximate surface area is 63.1 Å². The third-order valence-corrected chi connectivity index (χ3v) is 1.25. The molecular formula is C7H5N2O2. The summed E-state index contributed by atoms with van der Waals surface area (Å²) < 4.78 is 0. The molecule has 0 fully saturated rings. The second-order valence-electron chi connectivity index (χ2n) is 1.98. The molecule has 4 nitrogen and oxygen atoms in total. The maximum Gasteiger partial charge on any atom is 0.269 e. The minimum Gasteiger partial charge on any atom is -0.258 e. The van der Waals surface area contributed by atoms with Crippen LogP contribution in [-0.4, -0.2) is 11.1 Å². The van der Waals surface area contributed by atoms with Crippen molar-refractivity contribution in [3.8, 4) is 0 Å². The van der Waals surface area contributed by atoms with Gasteiger partial charge in [0.25, 0.3) is 5.69 Å². The van der Waals surface area contributed by atoms with Crippen molar-refractivity contribution in [2.45, 2.75) is 0 Å². The van der Waals surface area contributed by atoms with Gasteiger partial charge in [0.1, 0.15) is 0 Å². The van der Waals surface area contributed by atoms with Crippen LogP contribution in [0.4, 0.5) is 5.69 Å². The van der Waals surface area contributed by atoms with Crippen molar-refractivity contribution in [1.82, 2.24) is 5.41 Å². The van der Waals surface area contributed by atoms with Crippen LogP contribution in [0.1, 0.15) is 5.56 Å². The topological polar surface area (TPSA) is 65.4 Å². The Kier molecular flexibility index (Phi) is 1.96. The van der Waals surface area contributed by atoms with E-state index in [2.05, 4.69) is 0 Å². The first kappa shape index (κ1) is 7.40. The van der Waals surface area contributed by atoms with Gasteiger partial charge in [-0.05, 0) is 17.7 Å². The largest absolute Gasteiger partial charge is 0.269 e. The van der Waals surface area contributed by atoms with Crippen LogP contribution in [0, 0.1) is 10.1 Å². The van der Waals surface area contributed by atoms with Crippen LogP contribution < -0.4 is 5.41 Å². The molecule has 1 aromatic rings. The van der Waals surface area contributed by atoms with Gasteiger partial charge in [0.05, 0.1) is 11.1 Å². The lowest BCUT2D eigenvalue weighted by molar-refractivity contribution is -0.384. The van der Waals surface area contributed by atoms with Crippen LogP contribution in [0.25, 0.3) is 0 Å². The van der Waals surface area contributed by atoms with Gasteiger partial charge in [-0.25, -0.2) is 0 Å². The molecule has 0 bridgehead atoms. The van der Waals surface area contributed by atoms with Crippen molar-refractivity contribution in [3.63, 3.8) is 0 Å². The lowest BCUT2D eigenvalue weighted by atomic mass is 10.2. The first-order valence-corrected chi connectivity index (χ1v) is 2.96. The van der Waals surface area contributed by atoms with E-state index in [4.69, 9.17) is 5.41 Å². The Morgan fingerprint density at radius 1 is 1.36 bits per heavy atom. The SMILES string of the molecule is [N]=Cc1ccc([N+](=O)[O-])cc1. The van der Waals surface area contributed by atoms with E-state index in [1.165, 1.54) is 24.3 Å². The van der Waals surface area contributed by atoms with Gasteiger partial charge in [-0.3, -0.25) is 10.1 Å². The van der Waals surface area contributed by atoms with Crippen molar-refractivity contribution >= 4 is 11.9 Å². The summed E-state index contributed by atoms with van der Waals surface area (Å²) >= 11 is 0. The fourth-order valence-electron chi connectivity index (χ4n) is 0.682. The molecule has 1 aromatic carbocycles. The maximum atomic E-state index is 10.1. The lowest BCUT2D eigenvalue weighted by Crippen LogP contribution is -1.88. The molecule has 0 aliphatic heterocycles. The average molecular weight is 149 g/mol. The zero-order valence-corrected chi connectivity index (χ0v) is 5.60. The minimum atomic E-state index is -0.485. The van der Waals surface area contributed by atoms with Gasteiger partial charge < -0.3 is 0 Å². The molecule has 4 heteroatoms. The molecule has 0 unspecified atom stereocenters. The quantitative estimate of drug-likeness (QED) is 0.355. The highest BCUT2D eigenvalue weighted by Crippen LogP contribution is 2.09. The Morgan fingerprint density at radius 3 is 2.27 bits per heavy atom. The molecular weight excluding hydrogens is 144 g/mol. The Balaban J connectivity index is 3.00. The number of rotatable bonds is 2. The van der Waals surface area contributed by atoms with E-state index in [0.717, 1.165) is 6.21 Å². The molecule has 0 heterocycles. The van der Waals surface area contributed by atoms with Crippen molar-refractivity contribution in [3.05, 3.63) is 39.9 Å². The first-order valence-electron chi connectivity index (χ1n) is 2.96. The Morgan fingerprint density at radius 2 is 1.91 bits per heavy atom. The normalized spacial score (nSPS) is 9.09. The number of nitro benzene ring substituents is 1. The fourth-order valence-corrected chi connectivity index (χ4v) is 0.682. The van der Waals surface area contributed by atoms with Gasteiger partial charge in [0.2, 0.25) is 0 Å². The minimum absolute atomic E-state index is 0.0237. The third kappa shape index (κ3) is 1.61. The molecule has 0 saturated heterocycles. The van der Waals surface area contributed by atoms with Crippen molar-refractivity contribution in [1.29, 1.82) is 0 Å².